The summed E-state index contributed by atoms with van der Waals surface area (Å²) in [5.74, 6) is -0.585. The van der Waals surface area contributed by atoms with E-state index < -0.39 is 20.9 Å². The standard InChI is InChI=1S/C20H17N3O5S/c1-14-6-2-3-11-19(14)22-29(27,28)18-10-4-7-15(12-18)20(24)21-16-8-5-9-17(13-16)23(25)26/h2-13,22H,1H3,(H,21,24). The number of hydrogen-bond acceptors (Lipinski definition) is 5. The van der Waals surface area contributed by atoms with E-state index in [1.165, 1.54) is 48.5 Å². The Morgan fingerprint density at radius 1 is 0.966 bits per heavy atom. The van der Waals surface area contributed by atoms with Crippen molar-refractivity contribution in [1.82, 2.24) is 0 Å². The Balaban J connectivity index is 1.83. The van der Waals surface area contributed by atoms with Crippen LogP contribution in [0.4, 0.5) is 17.1 Å². The second-order valence-electron chi connectivity index (χ2n) is 6.21. The van der Waals surface area contributed by atoms with Gasteiger partial charge in [0.15, 0.2) is 0 Å². The van der Waals surface area contributed by atoms with Gasteiger partial charge in [-0.2, -0.15) is 0 Å². The number of rotatable bonds is 6. The summed E-state index contributed by atoms with van der Waals surface area (Å²) in [4.78, 5) is 22.7. The molecule has 0 spiro atoms. The summed E-state index contributed by atoms with van der Waals surface area (Å²) in [6.45, 7) is 1.78. The maximum absolute atomic E-state index is 12.7. The molecule has 148 valence electrons. The molecular weight excluding hydrogens is 394 g/mol. The number of nitro benzene ring substituents is 1. The quantitative estimate of drug-likeness (QED) is 0.470. The number of amides is 1. The number of carbonyl (C=O) groups is 1. The number of aryl methyl sites for hydroxylation is 1. The molecule has 3 aromatic rings. The fourth-order valence-electron chi connectivity index (χ4n) is 2.60. The molecule has 0 aliphatic heterocycles. The van der Waals surface area contributed by atoms with Gasteiger partial charge in [-0.3, -0.25) is 19.6 Å². The Morgan fingerprint density at radius 2 is 1.69 bits per heavy atom. The molecule has 0 aliphatic carbocycles. The van der Waals surface area contributed by atoms with Gasteiger partial charge >= 0.3 is 0 Å². The minimum Gasteiger partial charge on any atom is -0.322 e. The van der Waals surface area contributed by atoms with Gasteiger partial charge in [-0.15, -0.1) is 0 Å². The number of sulfonamides is 1. The number of nitro groups is 1. The Morgan fingerprint density at radius 3 is 2.41 bits per heavy atom. The van der Waals surface area contributed by atoms with Crippen molar-refractivity contribution >= 4 is 33.0 Å². The summed E-state index contributed by atoms with van der Waals surface area (Å²) in [7, 11) is -3.90. The number of hydrogen-bond donors (Lipinski definition) is 2. The fraction of sp³-hybridized carbons (Fsp3) is 0.0500. The lowest BCUT2D eigenvalue weighted by molar-refractivity contribution is -0.384. The molecule has 0 atom stereocenters. The van der Waals surface area contributed by atoms with Crippen molar-refractivity contribution in [3.8, 4) is 0 Å². The summed E-state index contributed by atoms with van der Waals surface area (Å²) in [5, 5.41) is 13.4. The van der Waals surface area contributed by atoms with Crippen molar-refractivity contribution in [2.24, 2.45) is 0 Å². The zero-order valence-electron chi connectivity index (χ0n) is 15.3. The van der Waals surface area contributed by atoms with Gasteiger partial charge in [0.1, 0.15) is 0 Å². The van der Waals surface area contributed by atoms with E-state index in [1.54, 1.807) is 31.2 Å². The van der Waals surface area contributed by atoms with Crippen LogP contribution in [0.25, 0.3) is 0 Å². The number of nitrogens with zero attached hydrogens (tertiary/aromatic N) is 1. The molecule has 0 saturated heterocycles. The summed E-state index contributed by atoms with van der Waals surface area (Å²) >= 11 is 0. The Hall–Kier alpha value is -3.72. The van der Waals surface area contributed by atoms with Crippen molar-refractivity contribution < 1.29 is 18.1 Å². The highest BCUT2D eigenvalue weighted by Gasteiger charge is 2.18. The van der Waals surface area contributed by atoms with Crippen LogP contribution in [-0.2, 0) is 10.0 Å². The topological polar surface area (TPSA) is 118 Å². The molecule has 9 heteroatoms. The van der Waals surface area contributed by atoms with E-state index in [0.717, 1.165) is 5.56 Å². The van der Waals surface area contributed by atoms with E-state index in [0.29, 0.717) is 5.69 Å². The van der Waals surface area contributed by atoms with Crippen LogP contribution in [0.15, 0.2) is 77.7 Å². The Bertz CT molecular complexity index is 1190. The lowest BCUT2D eigenvalue weighted by Gasteiger charge is -2.11. The third-order valence-electron chi connectivity index (χ3n) is 4.11. The molecule has 0 radical (unpaired) electrons. The molecule has 8 nitrogen and oxygen atoms in total. The van der Waals surface area contributed by atoms with Crippen LogP contribution in [0.3, 0.4) is 0 Å². The normalized spacial score (nSPS) is 10.9. The summed E-state index contributed by atoms with van der Waals surface area (Å²) in [5.41, 5.74) is 1.37. The van der Waals surface area contributed by atoms with Crippen LogP contribution in [0, 0.1) is 17.0 Å². The van der Waals surface area contributed by atoms with E-state index in [9.17, 15) is 23.3 Å². The van der Waals surface area contributed by atoms with Gasteiger partial charge in [-0.25, -0.2) is 8.42 Å². The van der Waals surface area contributed by atoms with Crippen molar-refractivity contribution in [3.05, 3.63) is 94.0 Å². The first kappa shape index (κ1) is 20.0. The van der Waals surface area contributed by atoms with Gasteiger partial charge in [0.2, 0.25) is 0 Å². The third-order valence-corrected chi connectivity index (χ3v) is 5.47. The third kappa shape index (κ3) is 4.77. The van der Waals surface area contributed by atoms with Crippen molar-refractivity contribution in [3.63, 3.8) is 0 Å². The first-order valence-electron chi connectivity index (χ1n) is 8.50. The molecule has 3 rings (SSSR count). The smallest absolute Gasteiger partial charge is 0.271 e. The zero-order chi connectivity index (χ0) is 21.0. The monoisotopic (exact) mass is 411 g/mol. The van der Waals surface area contributed by atoms with Gasteiger partial charge in [0.05, 0.1) is 15.5 Å². The average molecular weight is 411 g/mol. The van der Waals surface area contributed by atoms with Gasteiger partial charge in [0.25, 0.3) is 21.6 Å². The molecule has 0 bridgehead atoms. The van der Waals surface area contributed by atoms with E-state index in [-0.39, 0.29) is 21.8 Å². The Kier molecular flexibility index (Phi) is 5.60. The number of benzene rings is 3. The van der Waals surface area contributed by atoms with E-state index in [1.807, 2.05) is 0 Å². The minimum atomic E-state index is -3.90. The molecule has 0 aliphatic rings. The van der Waals surface area contributed by atoms with E-state index >= 15 is 0 Å². The first-order valence-corrected chi connectivity index (χ1v) is 9.99. The second kappa shape index (κ2) is 8.11. The zero-order valence-corrected chi connectivity index (χ0v) is 16.1. The average Bonchev–Trinajstić information content (AvgIpc) is 2.70. The number of anilines is 2. The highest BCUT2D eigenvalue weighted by Crippen LogP contribution is 2.21. The SMILES string of the molecule is Cc1ccccc1NS(=O)(=O)c1cccc(C(=O)Nc2cccc([N+](=O)[O-])c2)c1. The molecule has 0 saturated carbocycles. The molecule has 0 aromatic heterocycles. The van der Waals surface area contributed by atoms with Crippen LogP contribution in [0.5, 0.6) is 0 Å². The lowest BCUT2D eigenvalue weighted by atomic mass is 10.2. The molecule has 0 unspecified atom stereocenters. The van der Waals surface area contributed by atoms with Crippen molar-refractivity contribution in [2.45, 2.75) is 11.8 Å². The number of non-ortho nitro benzene ring substituents is 1. The van der Waals surface area contributed by atoms with Gasteiger partial charge in [-0.1, -0.05) is 30.3 Å². The largest absolute Gasteiger partial charge is 0.322 e. The molecule has 3 aromatic carbocycles. The molecule has 29 heavy (non-hydrogen) atoms. The Labute approximate surface area is 167 Å². The predicted octanol–water partition coefficient (Wildman–Crippen LogP) is 3.96. The van der Waals surface area contributed by atoms with Crippen LogP contribution in [-0.4, -0.2) is 19.2 Å². The summed E-state index contributed by atoms with van der Waals surface area (Å²) in [6, 6.07) is 17.9. The van der Waals surface area contributed by atoms with Crippen LogP contribution < -0.4 is 10.0 Å². The number of carbonyl (C=O) groups excluding carboxylic acids is 1. The predicted molar refractivity (Wildman–Crippen MR) is 109 cm³/mol. The number of para-hydroxylation sites is 1. The molecule has 0 fully saturated rings. The van der Waals surface area contributed by atoms with Gasteiger partial charge < -0.3 is 5.32 Å². The van der Waals surface area contributed by atoms with E-state index in [4.69, 9.17) is 0 Å². The number of nitrogens with one attached hydrogen (secondary N) is 2. The van der Waals surface area contributed by atoms with Crippen LogP contribution in [0.2, 0.25) is 0 Å². The lowest BCUT2D eigenvalue weighted by Crippen LogP contribution is -2.16. The maximum atomic E-state index is 12.7. The van der Waals surface area contributed by atoms with Gasteiger partial charge in [0, 0.05) is 23.4 Å². The summed E-state index contributed by atoms with van der Waals surface area (Å²) in [6.07, 6.45) is 0. The highest BCUT2D eigenvalue weighted by atomic mass is 32.2. The summed E-state index contributed by atoms with van der Waals surface area (Å²) < 4.78 is 27.9. The van der Waals surface area contributed by atoms with Crippen molar-refractivity contribution in [1.29, 1.82) is 0 Å². The first-order chi connectivity index (χ1) is 13.8. The molecular formula is C20H17N3O5S. The highest BCUT2D eigenvalue weighted by molar-refractivity contribution is 7.92. The fourth-order valence-corrected chi connectivity index (χ4v) is 3.77. The van der Waals surface area contributed by atoms with Gasteiger partial charge in [-0.05, 0) is 42.8 Å². The molecule has 1 amide bonds. The maximum Gasteiger partial charge on any atom is 0.271 e. The van der Waals surface area contributed by atoms with Crippen LogP contribution in [0.1, 0.15) is 15.9 Å². The second-order valence-corrected chi connectivity index (χ2v) is 7.89. The van der Waals surface area contributed by atoms with Crippen LogP contribution >= 0.6 is 0 Å². The van der Waals surface area contributed by atoms with Crippen molar-refractivity contribution in [2.75, 3.05) is 10.0 Å². The minimum absolute atomic E-state index is 0.0764. The molecule has 2 N–H and O–H groups in total. The molecule has 0 heterocycles. The van der Waals surface area contributed by atoms with E-state index in [2.05, 4.69) is 10.0 Å².